The van der Waals surface area contributed by atoms with Gasteiger partial charge in [-0.05, 0) is 32.3 Å². The number of carbonyl (C=O) groups excluding carboxylic acids is 1. The van der Waals surface area contributed by atoms with E-state index in [2.05, 4.69) is 4.98 Å². The quantitative estimate of drug-likeness (QED) is 0.730. The first-order valence-electron chi connectivity index (χ1n) is 5.60. The van der Waals surface area contributed by atoms with Crippen molar-refractivity contribution in [3.8, 4) is 0 Å². The Hall–Kier alpha value is -1.45. The molecule has 0 aromatic carbocycles. The second kappa shape index (κ2) is 4.60. The maximum absolute atomic E-state index is 13.4. The second-order valence-corrected chi connectivity index (χ2v) is 4.20. The Morgan fingerprint density at radius 2 is 2.38 bits per heavy atom. The second-order valence-electron chi connectivity index (χ2n) is 4.20. The largest absolute Gasteiger partial charge is 0.336 e. The van der Waals surface area contributed by atoms with Crippen LogP contribution in [0.3, 0.4) is 0 Å². The number of halogens is 1. The molecule has 86 valence electrons. The minimum absolute atomic E-state index is 0.128. The van der Waals surface area contributed by atoms with Gasteiger partial charge in [0.15, 0.2) is 5.82 Å². The molecule has 0 bridgehead atoms. The third kappa shape index (κ3) is 2.05. The highest BCUT2D eigenvalue weighted by Gasteiger charge is 2.25. The predicted octanol–water partition coefficient (Wildman–Crippen LogP) is 2.24. The highest BCUT2D eigenvalue weighted by atomic mass is 19.1. The molecule has 0 N–H and O–H groups in total. The zero-order chi connectivity index (χ0) is 11.5. The van der Waals surface area contributed by atoms with E-state index in [4.69, 9.17) is 0 Å². The van der Waals surface area contributed by atoms with Gasteiger partial charge in [-0.15, -0.1) is 0 Å². The van der Waals surface area contributed by atoms with Gasteiger partial charge in [-0.2, -0.15) is 0 Å². The molecule has 1 fully saturated rings. The summed E-state index contributed by atoms with van der Waals surface area (Å²) in [5.74, 6) is -0.752. The molecule has 2 heterocycles. The Morgan fingerprint density at radius 3 is 3.06 bits per heavy atom. The Labute approximate surface area is 94.3 Å². The smallest absolute Gasteiger partial charge is 0.257 e. The fourth-order valence-electron chi connectivity index (χ4n) is 2.10. The minimum atomic E-state index is -0.537. The summed E-state index contributed by atoms with van der Waals surface area (Å²) in [6.07, 6.45) is 5.68. The Kier molecular flexibility index (Phi) is 3.17. The maximum Gasteiger partial charge on any atom is 0.257 e. The molecule has 1 aliphatic heterocycles. The summed E-state index contributed by atoms with van der Waals surface area (Å²) in [7, 11) is 0. The van der Waals surface area contributed by atoms with Crippen LogP contribution in [0.25, 0.3) is 0 Å². The van der Waals surface area contributed by atoms with Gasteiger partial charge in [-0.25, -0.2) is 4.39 Å². The number of carbonyl (C=O) groups is 1. The number of piperidine rings is 1. The molecule has 0 spiro atoms. The lowest BCUT2D eigenvalue weighted by atomic mass is 10.0. The minimum Gasteiger partial charge on any atom is -0.336 e. The van der Waals surface area contributed by atoms with Crippen LogP contribution in [0.4, 0.5) is 4.39 Å². The van der Waals surface area contributed by atoms with Crippen molar-refractivity contribution in [1.82, 2.24) is 9.88 Å². The van der Waals surface area contributed by atoms with Crippen LogP contribution in [0.2, 0.25) is 0 Å². The van der Waals surface area contributed by atoms with E-state index in [1.165, 1.54) is 12.3 Å². The number of rotatable bonds is 1. The van der Waals surface area contributed by atoms with Crippen LogP contribution in [-0.2, 0) is 0 Å². The molecule has 1 saturated heterocycles. The summed E-state index contributed by atoms with van der Waals surface area (Å²) >= 11 is 0. The topological polar surface area (TPSA) is 33.2 Å². The molecule has 4 heteroatoms. The van der Waals surface area contributed by atoms with Gasteiger partial charge in [-0.3, -0.25) is 9.78 Å². The summed E-state index contributed by atoms with van der Waals surface area (Å²) in [5.41, 5.74) is 0.128. The van der Waals surface area contributed by atoms with Gasteiger partial charge in [-0.1, -0.05) is 0 Å². The van der Waals surface area contributed by atoms with Gasteiger partial charge in [0.05, 0.1) is 11.8 Å². The highest BCUT2D eigenvalue weighted by Crippen LogP contribution is 2.19. The van der Waals surface area contributed by atoms with Crippen molar-refractivity contribution in [3.63, 3.8) is 0 Å². The van der Waals surface area contributed by atoms with E-state index in [0.717, 1.165) is 32.0 Å². The lowest BCUT2D eigenvalue weighted by Crippen LogP contribution is -2.42. The number of pyridine rings is 1. The van der Waals surface area contributed by atoms with Crippen molar-refractivity contribution in [2.75, 3.05) is 6.54 Å². The zero-order valence-corrected chi connectivity index (χ0v) is 9.32. The lowest BCUT2D eigenvalue weighted by molar-refractivity contribution is 0.0630. The molecule has 1 amide bonds. The SMILES string of the molecule is CC1CCCCN1C(=O)c1ccncc1F. The number of nitrogens with zero attached hydrogens (tertiary/aromatic N) is 2. The molecule has 0 radical (unpaired) electrons. The predicted molar refractivity (Wildman–Crippen MR) is 58.5 cm³/mol. The van der Waals surface area contributed by atoms with Crippen molar-refractivity contribution in [3.05, 3.63) is 29.8 Å². The lowest BCUT2D eigenvalue weighted by Gasteiger charge is -2.33. The molecule has 0 aliphatic carbocycles. The van der Waals surface area contributed by atoms with Crippen LogP contribution < -0.4 is 0 Å². The highest BCUT2D eigenvalue weighted by molar-refractivity contribution is 5.94. The van der Waals surface area contributed by atoms with E-state index in [0.29, 0.717) is 0 Å². The third-order valence-corrected chi connectivity index (χ3v) is 3.07. The van der Waals surface area contributed by atoms with E-state index in [9.17, 15) is 9.18 Å². The van der Waals surface area contributed by atoms with Crippen molar-refractivity contribution in [2.45, 2.75) is 32.2 Å². The molecule has 2 rings (SSSR count). The Balaban J connectivity index is 2.21. The normalized spacial score (nSPS) is 20.9. The van der Waals surface area contributed by atoms with Gasteiger partial charge in [0.2, 0.25) is 0 Å². The molecular weight excluding hydrogens is 207 g/mol. The van der Waals surface area contributed by atoms with Crippen molar-refractivity contribution in [2.24, 2.45) is 0 Å². The molecule has 1 aromatic rings. The number of aromatic nitrogens is 1. The van der Waals surface area contributed by atoms with Gasteiger partial charge >= 0.3 is 0 Å². The average Bonchev–Trinajstić information content (AvgIpc) is 2.29. The monoisotopic (exact) mass is 222 g/mol. The fourth-order valence-corrected chi connectivity index (χ4v) is 2.10. The van der Waals surface area contributed by atoms with Crippen molar-refractivity contribution in [1.29, 1.82) is 0 Å². The molecule has 1 atom stereocenters. The van der Waals surface area contributed by atoms with Gasteiger partial charge in [0.25, 0.3) is 5.91 Å². The number of hydrogen-bond donors (Lipinski definition) is 0. The molecular formula is C12H15FN2O. The van der Waals surface area contributed by atoms with E-state index < -0.39 is 5.82 Å². The number of hydrogen-bond acceptors (Lipinski definition) is 2. The van der Waals surface area contributed by atoms with Crippen molar-refractivity contribution < 1.29 is 9.18 Å². The van der Waals surface area contributed by atoms with E-state index >= 15 is 0 Å². The zero-order valence-electron chi connectivity index (χ0n) is 9.32. The first-order valence-corrected chi connectivity index (χ1v) is 5.60. The maximum atomic E-state index is 13.4. The summed E-state index contributed by atoms with van der Waals surface area (Å²) in [6, 6.07) is 1.65. The van der Waals surface area contributed by atoms with E-state index in [1.54, 1.807) is 4.90 Å². The first-order chi connectivity index (χ1) is 7.70. The molecule has 0 saturated carbocycles. The van der Waals surface area contributed by atoms with E-state index in [-0.39, 0.29) is 17.5 Å². The van der Waals surface area contributed by atoms with Gasteiger partial charge in [0.1, 0.15) is 0 Å². The summed E-state index contributed by atoms with van der Waals surface area (Å²) < 4.78 is 13.4. The first kappa shape index (κ1) is 11.0. The number of likely N-dealkylation sites (tertiary alicyclic amines) is 1. The fraction of sp³-hybridized carbons (Fsp3) is 0.500. The molecule has 16 heavy (non-hydrogen) atoms. The summed E-state index contributed by atoms with van der Waals surface area (Å²) in [5, 5.41) is 0. The number of amides is 1. The molecule has 3 nitrogen and oxygen atoms in total. The van der Waals surface area contributed by atoms with Crippen LogP contribution in [-0.4, -0.2) is 28.4 Å². The standard InChI is InChI=1S/C12H15FN2O/c1-9-4-2-3-7-15(9)12(16)10-5-6-14-8-11(10)13/h5-6,8-9H,2-4,7H2,1H3. The average molecular weight is 222 g/mol. The Bertz CT molecular complexity index is 394. The van der Waals surface area contributed by atoms with Crippen LogP contribution in [0.1, 0.15) is 36.5 Å². The van der Waals surface area contributed by atoms with Crippen LogP contribution in [0, 0.1) is 5.82 Å². The van der Waals surface area contributed by atoms with Gasteiger partial charge < -0.3 is 4.90 Å². The Morgan fingerprint density at radius 1 is 1.56 bits per heavy atom. The van der Waals surface area contributed by atoms with E-state index in [1.807, 2.05) is 6.92 Å². The summed E-state index contributed by atoms with van der Waals surface area (Å²) in [4.78, 5) is 17.5. The van der Waals surface area contributed by atoms with Crippen LogP contribution in [0.5, 0.6) is 0 Å². The molecule has 1 aromatic heterocycles. The van der Waals surface area contributed by atoms with Crippen molar-refractivity contribution >= 4 is 5.91 Å². The van der Waals surface area contributed by atoms with Crippen LogP contribution in [0.15, 0.2) is 18.5 Å². The van der Waals surface area contributed by atoms with Gasteiger partial charge in [0, 0.05) is 18.8 Å². The summed E-state index contributed by atoms with van der Waals surface area (Å²) in [6.45, 7) is 2.73. The third-order valence-electron chi connectivity index (χ3n) is 3.07. The molecule has 1 aliphatic rings. The van der Waals surface area contributed by atoms with Crippen LogP contribution >= 0.6 is 0 Å². The molecule has 1 unspecified atom stereocenters.